The number of aliphatic hydroxyl groups is 5. The van der Waals surface area contributed by atoms with Crippen LogP contribution in [0.15, 0.2) is 36.4 Å². The lowest BCUT2D eigenvalue weighted by molar-refractivity contribution is -0.358. The second-order valence-corrected chi connectivity index (χ2v) is 7.74. The molecule has 1 aliphatic rings. The molecule has 7 heteroatoms. The van der Waals surface area contributed by atoms with Crippen molar-refractivity contribution < 1.29 is 30.3 Å². The topological polar surface area (TPSA) is 134 Å². The van der Waals surface area contributed by atoms with E-state index in [0.29, 0.717) is 23.1 Å². The molecule has 1 heterocycles. The van der Waals surface area contributed by atoms with Crippen molar-refractivity contribution >= 4 is 0 Å². The zero-order chi connectivity index (χ0) is 22.1. The average molecular weight is 413 g/mol. The summed E-state index contributed by atoms with van der Waals surface area (Å²) < 4.78 is 5.46. The van der Waals surface area contributed by atoms with Gasteiger partial charge in [0.2, 0.25) is 5.79 Å². The summed E-state index contributed by atoms with van der Waals surface area (Å²) in [5.74, 6) is -2.36. The lowest BCUT2D eigenvalue weighted by Crippen LogP contribution is -2.63. The summed E-state index contributed by atoms with van der Waals surface area (Å²) >= 11 is 0. The number of nitriles is 1. The van der Waals surface area contributed by atoms with Gasteiger partial charge in [0.05, 0.1) is 18.2 Å². The SMILES string of the molecule is CCc1ccc(Cc2cc(C3(O)O[C@H](CO)[C@@H](O)[C@H](O)[C@H]3O)c(C)cc2C#N)cc1. The van der Waals surface area contributed by atoms with Crippen LogP contribution in [-0.2, 0) is 23.4 Å². The van der Waals surface area contributed by atoms with E-state index in [9.17, 15) is 30.8 Å². The summed E-state index contributed by atoms with van der Waals surface area (Å²) in [5, 5.41) is 60.9. The van der Waals surface area contributed by atoms with Crippen LogP contribution in [-0.4, -0.2) is 56.6 Å². The fourth-order valence-corrected chi connectivity index (χ4v) is 3.88. The molecule has 0 spiro atoms. The van der Waals surface area contributed by atoms with Crippen molar-refractivity contribution in [1.82, 2.24) is 0 Å². The number of rotatable bonds is 5. The molecule has 0 saturated carbocycles. The second kappa shape index (κ2) is 8.82. The molecule has 2 aromatic rings. The maximum Gasteiger partial charge on any atom is 0.222 e. The molecule has 0 bridgehead atoms. The molecule has 0 amide bonds. The van der Waals surface area contributed by atoms with Gasteiger partial charge in [0.25, 0.3) is 0 Å². The van der Waals surface area contributed by atoms with E-state index in [-0.39, 0.29) is 5.56 Å². The average Bonchev–Trinajstić information content (AvgIpc) is 2.76. The highest BCUT2D eigenvalue weighted by Gasteiger charge is 2.54. The smallest absolute Gasteiger partial charge is 0.222 e. The zero-order valence-electron chi connectivity index (χ0n) is 17.0. The number of aryl methyl sites for hydroxylation is 2. The van der Waals surface area contributed by atoms with Crippen molar-refractivity contribution in [3.05, 3.63) is 69.8 Å². The standard InChI is InChI=1S/C23H27NO6/c1-3-14-4-6-15(7-5-14)9-16-10-18(13(2)8-17(16)11-24)23(29)22(28)21(27)20(26)19(12-25)30-23/h4-8,10,19-22,25-29H,3,9,12H2,1-2H3/t19-,20-,21+,22-,23?/m1/s1. The molecule has 2 aromatic carbocycles. The molecule has 160 valence electrons. The predicted molar refractivity (Wildman–Crippen MR) is 108 cm³/mol. The molecule has 3 rings (SSSR count). The van der Waals surface area contributed by atoms with E-state index in [1.807, 2.05) is 24.3 Å². The fraction of sp³-hybridized carbons (Fsp3) is 0.435. The van der Waals surface area contributed by atoms with E-state index in [0.717, 1.165) is 12.0 Å². The van der Waals surface area contributed by atoms with Gasteiger partial charge in [0, 0.05) is 5.56 Å². The van der Waals surface area contributed by atoms with Crippen LogP contribution in [0.2, 0.25) is 0 Å². The number of ether oxygens (including phenoxy) is 1. The Morgan fingerprint density at radius 3 is 2.27 bits per heavy atom. The van der Waals surface area contributed by atoms with Gasteiger partial charge in [-0.1, -0.05) is 31.2 Å². The van der Waals surface area contributed by atoms with Crippen LogP contribution in [0.5, 0.6) is 0 Å². The van der Waals surface area contributed by atoms with E-state index in [2.05, 4.69) is 13.0 Å². The minimum absolute atomic E-state index is 0.165. The molecule has 1 fully saturated rings. The number of benzene rings is 2. The highest BCUT2D eigenvalue weighted by molar-refractivity contribution is 5.48. The first-order chi connectivity index (χ1) is 14.2. The van der Waals surface area contributed by atoms with Crippen LogP contribution in [0.3, 0.4) is 0 Å². The number of hydrogen-bond donors (Lipinski definition) is 5. The Hall–Kier alpha value is -2.31. The van der Waals surface area contributed by atoms with E-state index >= 15 is 0 Å². The summed E-state index contributed by atoms with van der Waals surface area (Å²) in [7, 11) is 0. The van der Waals surface area contributed by atoms with E-state index in [4.69, 9.17) is 4.74 Å². The molecule has 7 nitrogen and oxygen atoms in total. The van der Waals surface area contributed by atoms with Crippen molar-refractivity contribution in [2.45, 2.75) is 56.9 Å². The Bertz CT molecular complexity index is 936. The monoisotopic (exact) mass is 413 g/mol. The summed E-state index contributed by atoms with van der Waals surface area (Å²) in [6.45, 7) is 3.06. The van der Waals surface area contributed by atoms with Crippen LogP contribution in [0.25, 0.3) is 0 Å². The van der Waals surface area contributed by atoms with Gasteiger partial charge >= 0.3 is 0 Å². The molecule has 0 radical (unpaired) electrons. The Balaban J connectivity index is 2.04. The molecule has 30 heavy (non-hydrogen) atoms. The highest BCUT2D eigenvalue weighted by atomic mass is 16.7. The van der Waals surface area contributed by atoms with E-state index in [1.54, 1.807) is 19.1 Å². The Labute approximate surface area is 175 Å². The Kier molecular flexibility index (Phi) is 6.58. The van der Waals surface area contributed by atoms with Gasteiger partial charge in [-0.3, -0.25) is 0 Å². The third-order valence-electron chi connectivity index (χ3n) is 5.75. The van der Waals surface area contributed by atoms with Crippen LogP contribution in [0, 0.1) is 18.3 Å². The van der Waals surface area contributed by atoms with Gasteiger partial charge in [-0.2, -0.15) is 5.26 Å². The van der Waals surface area contributed by atoms with Crippen LogP contribution < -0.4 is 0 Å². The maximum absolute atomic E-state index is 11.2. The third-order valence-corrected chi connectivity index (χ3v) is 5.75. The minimum Gasteiger partial charge on any atom is -0.394 e. The number of nitrogens with zero attached hydrogens (tertiary/aromatic N) is 1. The lowest BCUT2D eigenvalue weighted by Gasteiger charge is -2.46. The molecule has 0 aromatic heterocycles. The third kappa shape index (κ3) is 3.98. The highest BCUT2D eigenvalue weighted by Crippen LogP contribution is 2.39. The summed E-state index contributed by atoms with van der Waals surface area (Å²) in [5.41, 5.74) is 3.84. The molecule has 1 saturated heterocycles. The molecule has 1 aliphatic heterocycles. The molecular weight excluding hydrogens is 386 g/mol. The Morgan fingerprint density at radius 1 is 1.07 bits per heavy atom. The first-order valence-corrected chi connectivity index (χ1v) is 9.92. The van der Waals surface area contributed by atoms with Gasteiger partial charge < -0.3 is 30.3 Å². The van der Waals surface area contributed by atoms with Crippen molar-refractivity contribution in [2.24, 2.45) is 0 Å². The van der Waals surface area contributed by atoms with E-state index < -0.39 is 36.8 Å². The van der Waals surface area contributed by atoms with E-state index in [1.165, 1.54) is 5.56 Å². The summed E-state index contributed by atoms with van der Waals surface area (Å²) in [4.78, 5) is 0. The maximum atomic E-state index is 11.2. The predicted octanol–water partition coefficient (Wildman–Crippen LogP) is 0.639. The van der Waals surface area contributed by atoms with Gasteiger partial charge in [0.1, 0.15) is 24.4 Å². The molecule has 5 N–H and O–H groups in total. The Morgan fingerprint density at radius 2 is 1.70 bits per heavy atom. The first kappa shape index (κ1) is 22.4. The van der Waals surface area contributed by atoms with Gasteiger partial charge in [-0.05, 0) is 54.2 Å². The van der Waals surface area contributed by atoms with Crippen LogP contribution in [0.1, 0.15) is 40.3 Å². The summed E-state index contributed by atoms with van der Waals surface area (Å²) in [6, 6.07) is 13.3. The van der Waals surface area contributed by atoms with Gasteiger partial charge in [-0.15, -0.1) is 0 Å². The van der Waals surface area contributed by atoms with Gasteiger partial charge in [-0.25, -0.2) is 0 Å². The quantitative estimate of drug-likeness (QED) is 0.486. The fourth-order valence-electron chi connectivity index (χ4n) is 3.88. The second-order valence-electron chi connectivity index (χ2n) is 7.74. The molecule has 5 atom stereocenters. The lowest BCUT2D eigenvalue weighted by atomic mass is 9.84. The van der Waals surface area contributed by atoms with Crippen molar-refractivity contribution in [3.63, 3.8) is 0 Å². The van der Waals surface area contributed by atoms with Crippen molar-refractivity contribution in [2.75, 3.05) is 6.61 Å². The van der Waals surface area contributed by atoms with Crippen LogP contribution in [0.4, 0.5) is 0 Å². The molecule has 1 unspecified atom stereocenters. The van der Waals surface area contributed by atoms with Crippen molar-refractivity contribution in [3.8, 4) is 6.07 Å². The van der Waals surface area contributed by atoms with Crippen LogP contribution >= 0.6 is 0 Å². The first-order valence-electron chi connectivity index (χ1n) is 9.92. The summed E-state index contributed by atoms with van der Waals surface area (Å²) in [6.07, 6.45) is -5.07. The normalized spacial score (nSPS) is 28.9. The van der Waals surface area contributed by atoms with Gasteiger partial charge in [0.15, 0.2) is 0 Å². The molecular formula is C23H27NO6. The number of hydrogen-bond acceptors (Lipinski definition) is 7. The molecule has 0 aliphatic carbocycles. The largest absolute Gasteiger partial charge is 0.394 e. The zero-order valence-corrected chi connectivity index (χ0v) is 17.0. The number of aliphatic hydroxyl groups excluding tert-OH is 4. The minimum atomic E-state index is -2.36. The van der Waals surface area contributed by atoms with Crippen molar-refractivity contribution in [1.29, 1.82) is 5.26 Å².